The molecule has 0 atom stereocenters. The molecule has 0 saturated carbocycles. The maximum absolute atomic E-state index is 12.5. The van der Waals surface area contributed by atoms with Crippen molar-refractivity contribution >= 4 is 23.1 Å². The second-order valence-electron chi connectivity index (χ2n) is 8.15. The number of anilines is 1. The first kappa shape index (κ1) is 20.7. The molecule has 0 fully saturated rings. The molecule has 0 aliphatic rings. The molecule has 1 aromatic carbocycles. The number of carbonyl (C=O) groups excluding carboxylic acids is 1. The topological polar surface area (TPSA) is 99.6 Å². The van der Waals surface area contributed by atoms with Crippen LogP contribution >= 0.6 is 11.3 Å². The third kappa shape index (κ3) is 4.64. The van der Waals surface area contributed by atoms with E-state index in [9.17, 15) is 9.59 Å². The molecule has 0 unspecified atom stereocenters. The van der Waals surface area contributed by atoms with Crippen molar-refractivity contribution < 1.29 is 4.79 Å². The van der Waals surface area contributed by atoms with E-state index in [2.05, 4.69) is 65.9 Å². The first-order valence-corrected chi connectivity index (χ1v) is 10.7. The molecule has 0 radical (unpaired) electrons. The molecule has 160 valence electrons. The first-order chi connectivity index (χ1) is 14.8. The van der Waals surface area contributed by atoms with Crippen LogP contribution in [0.25, 0.3) is 5.00 Å². The number of carbonyl (C=O) groups is 1. The molecule has 1 amide bonds. The van der Waals surface area contributed by atoms with Crippen LogP contribution in [0.2, 0.25) is 0 Å². The molecule has 31 heavy (non-hydrogen) atoms. The lowest BCUT2D eigenvalue weighted by Crippen LogP contribution is -2.30. The molecule has 0 spiro atoms. The SMILES string of the molecule is CC(C)(C)c1ccc(Cn2nccc2NC(=O)Cn2nnn(-c3cccs3)c2=O)cc1. The van der Waals surface area contributed by atoms with Crippen LogP contribution in [-0.4, -0.2) is 35.5 Å². The van der Waals surface area contributed by atoms with Crippen LogP contribution in [-0.2, 0) is 23.3 Å². The van der Waals surface area contributed by atoms with Crippen molar-refractivity contribution in [2.24, 2.45) is 0 Å². The number of hydrogen-bond donors (Lipinski definition) is 1. The highest BCUT2D eigenvalue weighted by Crippen LogP contribution is 2.22. The average Bonchev–Trinajstić information content (AvgIpc) is 3.45. The Hall–Kier alpha value is -3.53. The molecule has 4 rings (SSSR count). The zero-order chi connectivity index (χ0) is 22.0. The summed E-state index contributed by atoms with van der Waals surface area (Å²) in [6.45, 7) is 6.80. The maximum atomic E-state index is 12.5. The minimum atomic E-state index is -0.468. The Morgan fingerprint density at radius 2 is 1.84 bits per heavy atom. The monoisotopic (exact) mass is 437 g/mol. The molecule has 0 aliphatic carbocycles. The predicted octanol–water partition coefficient (Wildman–Crippen LogP) is 2.67. The van der Waals surface area contributed by atoms with Crippen molar-refractivity contribution in [2.45, 2.75) is 39.3 Å². The van der Waals surface area contributed by atoms with Crippen molar-refractivity contribution in [1.82, 2.24) is 29.6 Å². The van der Waals surface area contributed by atoms with Gasteiger partial charge in [-0.05, 0) is 44.5 Å². The quantitative estimate of drug-likeness (QED) is 0.500. The van der Waals surface area contributed by atoms with Gasteiger partial charge in [-0.15, -0.1) is 11.3 Å². The molecular formula is C21H23N7O2S. The number of amides is 1. The van der Waals surface area contributed by atoms with E-state index in [4.69, 9.17) is 0 Å². The van der Waals surface area contributed by atoms with Crippen LogP contribution in [0.4, 0.5) is 5.82 Å². The van der Waals surface area contributed by atoms with Crippen LogP contribution in [0.15, 0.2) is 58.8 Å². The van der Waals surface area contributed by atoms with Crippen LogP contribution < -0.4 is 11.0 Å². The van der Waals surface area contributed by atoms with Gasteiger partial charge in [0.15, 0.2) is 0 Å². The van der Waals surface area contributed by atoms with Gasteiger partial charge < -0.3 is 5.32 Å². The summed E-state index contributed by atoms with van der Waals surface area (Å²) in [6, 6.07) is 13.6. The Labute approximate surface area is 182 Å². The van der Waals surface area contributed by atoms with Gasteiger partial charge in [0.2, 0.25) is 5.91 Å². The number of benzene rings is 1. The van der Waals surface area contributed by atoms with Crippen LogP contribution in [0.5, 0.6) is 0 Å². The Bertz CT molecular complexity index is 1230. The Kier molecular flexibility index (Phi) is 5.55. The van der Waals surface area contributed by atoms with Crippen molar-refractivity contribution in [3.8, 4) is 5.00 Å². The third-order valence-electron chi connectivity index (χ3n) is 4.78. The minimum absolute atomic E-state index is 0.0901. The zero-order valence-corrected chi connectivity index (χ0v) is 18.3. The normalized spacial score (nSPS) is 11.6. The summed E-state index contributed by atoms with van der Waals surface area (Å²) in [4.78, 5) is 24.9. The highest BCUT2D eigenvalue weighted by atomic mass is 32.1. The van der Waals surface area contributed by atoms with Gasteiger partial charge in [0.25, 0.3) is 0 Å². The van der Waals surface area contributed by atoms with E-state index in [1.807, 2.05) is 11.4 Å². The van der Waals surface area contributed by atoms with Crippen molar-refractivity contribution in [3.05, 3.63) is 75.7 Å². The lowest BCUT2D eigenvalue weighted by molar-refractivity contribution is -0.117. The van der Waals surface area contributed by atoms with E-state index in [0.717, 1.165) is 10.2 Å². The fourth-order valence-corrected chi connectivity index (χ4v) is 3.74. The highest BCUT2D eigenvalue weighted by molar-refractivity contribution is 7.12. The van der Waals surface area contributed by atoms with E-state index < -0.39 is 5.69 Å². The highest BCUT2D eigenvalue weighted by Gasteiger charge is 2.15. The fraction of sp³-hybridized carbons (Fsp3) is 0.286. The van der Waals surface area contributed by atoms with Crippen LogP contribution in [0.1, 0.15) is 31.9 Å². The van der Waals surface area contributed by atoms with Gasteiger partial charge in [0.1, 0.15) is 17.4 Å². The molecule has 3 heterocycles. The lowest BCUT2D eigenvalue weighted by Gasteiger charge is -2.19. The molecule has 1 N–H and O–H groups in total. The van der Waals surface area contributed by atoms with E-state index in [-0.39, 0.29) is 17.9 Å². The first-order valence-electron chi connectivity index (χ1n) is 9.79. The molecular weight excluding hydrogens is 414 g/mol. The number of nitrogens with one attached hydrogen (secondary N) is 1. The Morgan fingerprint density at radius 1 is 1.06 bits per heavy atom. The molecule has 4 aromatic rings. The summed E-state index contributed by atoms with van der Waals surface area (Å²) in [5, 5.41) is 17.2. The summed E-state index contributed by atoms with van der Waals surface area (Å²) < 4.78 is 3.90. The Balaban J connectivity index is 1.43. The summed E-state index contributed by atoms with van der Waals surface area (Å²) >= 11 is 1.37. The molecule has 3 aromatic heterocycles. The van der Waals surface area contributed by atoms with Gasteiger partial charge in [-0.3, -0.25) is 4.79 Å². The van der Waals surface area contributed by atoms with Crippen LogP contribution in [0, 0.1) is 0 Å². The lowest BCUT2D eigenvalue weighted by atomic mass is 9.87. The van der Waals surface area contributed by atoms with Gasteiger partial charge in [-0.2, -0.15) is 14.5 Å². The van der Waals surface area contributed by atoms with E-state index in [1.165, 1.54) is 21.6 Å². The van der Waals surface area contributed by atoms with Gasteiger partial charge in [-0.25, -0.2) is 9.48 Å². The number of tetrazole rings is 1. The van der Waals surface area contributed by atoms with Crippen molar-refractivity contribution in [3.63, 3.8) is 0 Å². The van der Waals surface area contributed by atoms with E-state index in [0.29, 0.717) is 17.4 Å². The van der Waals surface area contributed by atoms with Crippen molar-refractivity contribution in [2.75, 3.05) is 5.32 Å². The zero-order valence-electron chi connectivity index (χ0n) is 17.5. The predicted molar refractivity (Wildman–Crippen MR) is 119 cm³/mol. The fourth-order valence-electron chi connectivity index (χ4n) is 3.07. The number of rotatable bonds is 6. The second kappa shape index (κ2) is 8.31. The van der Waals surface area contributed by atoms with E-state index >= 15 is 0 Å². The van der Waals surface area contributed by atoms with Gasteiger partial charge >= 0.3 is 5.69 Å². The number of hydrogen-bond acceptors (Lipinski definition) is 6. The summed E-state index contributed by atoms with van der Waals surface area (Å²) in [7, 11) is 0. The summed E-state index contributed by atoms with van der Waals surface area (Å²) in [6.07, 6.45) is 1.62. The second-order valence-corrected chi connectivity index (χ2v) is 9.08. The Morgan fingerprint density at radius 3 is 2.52 bits per heavy atom. The summed E-state index contributed by atoms with van der Waals surface area (Å²) in [5.41, 5.74) is 1.95. The molecule has 0 saturated heterocycles. The summed E-state index contributed by atoms with van der Waals surface area (Å²) in [5.74, 6) is 0.161. The van der Waals surface area contributed by atoms with E-state index in [1.54, 1.807) is 23.0 Å². The van der Waals surface area contributed by atoms with Gasteiger partial charge in [0.05, 0.1) is 12.7 Å². The maximum Gasteiger partial charge on any atom is 0.369 e. The van der Waals surface area contributed by atoms with Gasteiger partial charge in [-0.1, -0.05) is 45.0 Å². The molecule has 9 nitrogen and oxygen atoms in total. The standard InChI is InChI=1S/C21H23N7O2S/c1-21(2,3)16-8-6-15(7-9-16)13-26-17(10-11-22-26)23-18(29)14-27-20(30)28(25-24-27)19-5-4-12-31-19/h4-12H,13-14H2,1-3H3,(H,23,29). The largest absolute Gasteiger partial charge is 0.369 e. The number of aromatic nitrogens is 6. The third-order valence-corrected chi connectivity index (χ3v) is 5.63. The molecule has 0 bridgehead atoms. The molecule has 10 heteroatoms. The number of thiophene rings is 1. The minimum Gasteiger partial charge on any atom is -0.309 e. The molecule has 0 aliphatic heterocycles. The van der Waals surface area contributed by atoms with Crippen LogP contribution in [0.3, 0.4) is 0 Å². The van der Waals surface area contributed by atoms with Gasteiger partial charge in [0, 0.05) is 6.07 Å². The average molecular weight is 438 g/mol. The number of nitrogens with zero attached hydrogens (tertiary/aromatic N) is 6. The smallest absolute Gasteiger partial charge is 0.309 e. The van der Waals surface area contributed by atoms with Crippen molar-refractivity contribution in [1.29, 1.82) is 0 Å².